The third-order valence-electron chi connectivity index (χ3n) is 3.11. The average molecular weight is 307 g/mol. The molecule has 0 spiro atoms. The molecule has 3 rings (SSSR count). The summed E-state index contributed by atoms with van der Waals surface area (Å²) in [5.74, 6) is 2.37. The molecule has 0 N–H and O–H groups in total. The van der Waals surface area contributed by atoms with Gasteiger partial charge in [-0.25, -0.2) is 15.0 Å². The van der Waals surface area contributed by atoms with Gasteiger partial charge in [0.1, 0.15) is 5.69 Å². The molecule has 2 heterocycles. The zero-order valence-electron chi connectivity index (χ0n) is 13.1. The first-order chi connectivity index (χ1) is 11.3. The fraction of sp³-hybridized carbons (Fsp3) is 0.167. The van der Waals surface area contributed by atoms with Crippen molar-refractivity contribution in [3.05, 3.63) is 60.4 Å². The number of aryl methyl sites for hydroxylation is 1. The van der Waals surface area contributed by atoms with E-state index in [1.807, 2.05) is 56.3 Å². The Morgan fingerprint density at radius 3 is 2.52 bits per heavy atom. The molecule has 0 aliphatic rings. The summed E-state index contributed by atoms with van der Waals surface area (Å²) in [4.78, 5) is 13.1. The van der Waals surface area contributed by atoms with Crippen molar-refractivity contribution in [2.75, 3.05) is 6.61 Å². The Morgan fingerprint density at radius 2 is 1.74 bits per heavy atom. The number of rotatable bonds is 5. The number of pyridine rings is 1. The maximum atomic E-state index is 5.86. The summed E-state index contributed by atoms with van der Waals surface area (Å²) in [7, 11) is 0. The molecule has 0 saturated heterocycles. The molecule has 0 saturated carbocycles. The second-order valence-corrected chi connectivity index (χ2v) is 4.86. The molecule has 5 nitrogen and oxygen atoms in total. The second kappa shape index (κ2) is 6.87. The number of para-hydroxylation sites is 2. The first kappa shape index (κ1) is 15.0. The monoisotopic (exact) mass is 307 g/mol. The smallest absolute Gasteiger partial charge is 0.220 e. The lowest BCUT2D eigenvalue weighted by atomic mass is 10.3. The van der Waals surface area contributed by atoms with Gasteiger partial charge in [-0.05, 0) is 38.1 Å². The molecule has 5 heteroatoms. The fourth-order valence-corrected chi connectivity index (χ4v) is 2.09. The van der Waals surface area contributed by atoms with Gasteiger partial charge in [-0.15, -0.1) is 0 Å². The SMILES string of the molecule is CCOc1ccccc1Oc1cccc(-c2nccc(C)n2)n1. The number of nitrogens with zero attached hydrogens (tertiary/aromatic N) is 3. The number of benzene rings is 1. The summed E-state index contributed by atoms with van der Waals surface area (Å²) in [6.45, 7) is 4.43. The summed E-state index contributed by atoms with van der Waals surface area (Å²) in [6, 6.07) is 14.9. The van der Waals surface area contributed by atoms with E-state index >= 15 is 0 Å². The van der Waals surface area contributed by atoms with Crippen molar-refractivity contribution in [3.8, 4) is 28.9 Å². The van der Waals surface area contributed by atoms with E-state index < -0.39 is 0 Å². The fourth-order valence-electron chi connectivity index (χ4n) is 2.09. The van der Waals surface area contributed by atoms with Crippen molar-refractivity contribution in [1.29, 1.82) is 0 Å². The van der Waals surface area contributed by atoms with Crippen LogP contribution in [0.4, 0.5) is 0 Å². The van der Waals surface area contributed by atoms with E-state index in [2.05, 4.69) is 15.0 Å². The highest BCUT2D eigenvalue weighted by atomic mass is 16.5. The van der Waals surface area contributed by atoms with Gasteiger partial charge >= 0.3 is 0 Å². The minimum absolute atomic E-state index is 0.472. The van der Waals surface area contributed by atoms with E-state index in [4.69, 9.17) is 9.47 Å². The van der Waals surface area contributed by atoms with Gasteiger partial charge in [0.15, 0.2) is 17.3 Å². The van der Waals surface area contributed by atoms with Crippen molar-refractivity contribution in [1.82, 2.24) is 15.0 Å². The molecule has 1 aromatic carbocycles. The van der Waals surface area contributed by atoms with Gasteiger partial charge in [0.25, 0.3) is 0 Å². The Kier molecular flexibility index (Phi) is 4.47. The van der Waals surface area contributed by atoms with Crippen LogP contribution in [-0.2, 0) is 0 Å². The van der Waals surface area contributed by atoms with Gasteiger partial charge in [0.05, 0.1) is 6.61 Å². The number of hydrogen-bond donors (Lipinski definition) is 0. The summed E-state index contributed by atoms with van der Waals surface area (Å²) in [6.07, 6.45) is 1.72. The van der Waals surface area contributed by atoms with Crippen molar-refractivity contribution >= 4 is 0 Å². The van der Waals surface area contributed by atoms with Gasteiger partial charge in [-0.2, -0.15) is 0 Å². The Morgan fingerprint density at radius 1 is 0.913 bits per heavy atom. The number of ether oxygens (including phenoxy) is 2. The molecule has 0 radical (unpaired) electrons. The van der Waals surface area contributed by atoms with Gasteiger partial charge in [-0.3, -0.25) is 0 Å². The summed E-state index contributed by atoms with van der Waals surface area (Å²) < 4.78 is 11.4. The van der Waals surface area contributed by atoms with Gasteiger partial charge in [0.2, 0.25) is 5.88 Å². The maximum Gasteiger partial charge on any atom is 0.220 e. The lowest BCUT2D eigenvalue weighted by Gasteiger charge is -2.11. The third kappa shape index (κ3) is 3.63. The normalized spacial score (nSPS) is 10.3. The van der Waals surface area contributed by atoms with Gasteiger partial charge < -0.3 is 9.47 Å². The van der Waals surface area contributed by atoms with Crippen LogP contribution in [0.25, 0.3) is 11.5 Å². The molecule has 2 aromatic heterocycles. The van der Waals surface area contributed by atoms with E-state index in [0.717, 1.165) is 5.69 Å². The van der Waals surface area contributed by atoms with Crippen LogP contribution in [0.3, 0.4) is 0 Å². The molecule has 3 aromatic rings. The molecule has 116 valence electrons. The van der Waals surface area contributed by atoms with E-state index in [0.29, 0.717) is 35.5 Å². The zero-order chi connectivity index (χ0) is 16.1. The number of hydrogen-bond acceptors (Lipinski definition) is 5. The molecule has 0 atom stereocenters. The van der Waals surface area contributed by atoms with Crippen LogP contribution in [0, 0.1) is 6.92 Å². The minimum Gasteiger partial charge on any atom is -0.490 e. The Hall–Kier alpha value is -2.95. The highest BCUT2D eigenvalue weighted by Crippen LogP contribution is 2.31. The second-order valence-electron chi connectivity index (χ2n) is 4.86. The van der Waals surface area contributed by atoms with Crippen molar-refractivity contribution in [2.45, 2.75) is 13.8 Å². The lowest BCUT2D eigenvalue weighted by molar-refractivity contribution is 0.319. The van der Waals surface area contributed by atoms with Crippen LogP contribution in [-0.4, -0.2) is 21.6 Å². The summed E-state index contributed by atoms with van der Waals surface area (Å²) in [5.41, 5.74) is 1.56. The van der Waals surface area contributed by atoms with Crippen LogP contribution in [0.1, 0.15) is 12.6 Å². The summed E-state index contributed by atoms with van der Waals surface area (Å²) in [5, 5.41) is 0. The Bertz CT molecular complexity index is 806. The minimum atomic E-state index is 0.472. The first-order valence-corrected chi connectivity index (χ1v) is 7.43. The molecule has 0 aliphatic carbocycles. The molecular weight excluding hydrogens is 290 g/mol. The van der Waals surface area contributed by atoms with E-state index in [1.165, 1.54) is 0 Å². The quantitative estimate of drug-likeness (QED) is 0.712. The van der Waals surface area contributed by atoms with Crippen molar-refractivity contribution < 1.29 is 9.47 Å². The molecule has 0 unspecified atom stereocenters. The Labute approximate surface area is 135 Å². The molecule has 0 fully saturated rings. The Balaban J connectivity index is 1.89. The lowest BCUT2D eigenvalue weighted by Crippen LogP contribution is -1.97. The average Bonchev–Trinajstić information content (AvgIpc) is 2.57. The predicted octanol–water partition coefficient (Wildman–Crippen LogP) is 4.04. The topological polar surface area (TPSA) is 57.1 Å². The van der Waals surface area contributed by atoms with E-state index in [-0.39, 0.29) is 0 Å². The number of aromatic nitrogens is 3. The standard InChI is InChI=1S/C18H17N3O2/c1-3-22-15-8-4-5-9-16(15)23-17-10-6-7-14(21-17)18-19-12-11-13(2)20-18/h4-12H,3H2,1-2H3. The van der Waals surface area contributed by atoms with Crippen LogP contribution in [0.15, 0.2) is 54.7 Å². The molecular formula is C18H17N3O2. The van der Waals surface area contributed by atoms with Crippen LogP contribution in [0.2, 0.25) is 0 Å². The van der Waals surface area contributed by atoms with Gasteiger partial charge in [0, 0.05) is 18.0 Å². The molecule has 0 aliphatic heterocycles. The van der Waals surface area contributed by atoms with E-state index in [9.17, 15) is 0 Å². The van der Waals surface area contributed by atoms with Crippen LogP contribution >= 0.6 is 0 Å². The third-order valence-corrected chi connectivity index (χ3v) is 3.11. The maximum absolute atomic E-state index is 5.86. The van der Waals surface area contributed by atoms with Crippen molar-refractivity contribution in [2.24, 2.45) is 0 Å². The van der Waals surface area contributed by atoms with Gasteiger partial charge in [-0.1, -0.05) is 18.2 Å². The predicted molar refractivity (Wildman–Crippen MR) is 87.7 cm³/mol. The molecule has 0 amide bonds. The molecule has 0 bridgehead atoms. The highest BCUT2D eigenvalue weighted by Gasteiger charge is 2.08. The molecule has 23 heavy (non-hydrogen) atoms. The summed E-state index contributed by atoms with van der Waals surface area (Å²) >= 11 is 0. The highest BCUT2D eigenvalue weighted by molar-refractivity contribution is 5.50. The van der Waals surface area contributed by atoms with Crippen molar-refractivity contribution in [3.63, 3.8) is 0 Å². The first-order valence-electron chi connectivity index (χ1n) is 7.43. The zero-order valence-corrected chi connectivity index (χ0v) is 13.1. The van der Waals surface area contributed by atoms with Crippen LogP contribution < -0.4 is 9.47 Å². The van der Waals surface area contributed by atoms with E-state index in [1.54, 1.807) is 12.3 Å². The largest absolute Gasteiger partial charge is 0.490 e. The van der Waals surface area contributed by atoms with Crippen LogP contribution in [0.5, 0.6) is 17.4 Å².